The second-order valence-corrected chi connectivity index (χ2v) is 5.62. The van der Waals surface area contributed by atoms with Crippen LogP contribution in [0.5, 0.6) is 0 Å². The molecule has 0 aliphatic rings. The predicted molar refractivity (Wildman–Crippen MR) is 58.0 cm³/mol. The second-order valence-electron chi connectivity index (χ2n) is 3.56. The third-order valence-electron chi connectivity index (χ3n) is 1.70. The van der Waals surface area contributed by atoms with E-state index in [1.54, 1.807) is 6.92 Å². The average Bonchev–Trinajstić information content (AvgIpc) is 2.48. The highest BCUT2D eigenvalue weighted by atomic mass is 32.2. The van der Waals surface area contributed by atoms with Crippen molar-refractivity contribution >= 4 is 15.8 Å². The van der Waals surface area contributed by atoms with Crippen molar-refractivity contribution in [3.63, 3.8) is 0 Å². The summed E-state index contributed by atoms with van der Waals surface area (Å²) in [5, 5.41) is 8.58. The molecule has 1 aromatic rings. The smallest absolute Gasteiger partial charge is 0.371 e. The number of aromatic carboxylic acids is 1. The number of sulfone groups is 1. The SMILES string of the molecule is C=C(C)CS(=O)(=O)Cc1ccc(C(=O)O)o1. The monoisotopic (exact) mass is 244 g/mol. The van der Waals surface area contributed by atoms with Crippen LogP contribution in [0.2, 0.25) is 0 Å². The Bertz CT molecular complexity index is 509. The van der Waals surface area contributed by atoms with Gasteiger partial charge in [-0.2, -0.15) is 0 Å². The molecular formula is C10H12O5S. The van der Waals surface area contributed by atoms with Crippen LogP contribution >= 0.6 is 0 Å². The van der Waals surface area contributed by atoms with Crippen molar-refractivity contribution in [2.75, 3.05) is 5.75 Å². The molecule has 0 aliphatic heterocycles. The summed E-state index contributed by atoms with van der Waals surface area (Å²) in [7, 11) is -3.33. The Morgan fingerprint density at radius 3 is 2.56 bits per heavy atom. The molecule has 6 heteroatoms. The van der Waals surface area contributed by atoms with E-state index in [2.05, 4.69) is 6.58 Å². The summed E-state index contributed by atoms with van der Waals surface area (Å²) in [4.78, 5) is 10.5. The number of rotatable bonds is 5. The number of hydrogen-bond acceptors (Lipinski definition) is 4. The van der Waals surface area contributed by atoms with Gasteiger partial charge in [0, 0.05) is 0 Å². The van der Waals surface area contributed by atoms with Gasteiger partial charge in [0.2, 0.25) is 5.76 Å². The summed E-state index contributed by atoms with van der Waals surface area (Å²) in [6.45, 7) is 5.12. The zero-order valence-electron chi connectivity index (χ0n) is 8.76. The molecular weight excluding hydrogens is 232 g/mol. The van der Waals surface area contributed by atoms with Crippen LogP contribution < -0.4 is 0 Å². The fourth-order valence-corrected chi connectivity index (χ4v) is 2.66. The molecule has 0 saturated carbocycles. The van der Waals surface area contributed by atoms with Crippen LogP contribution in [0.15, 0.2) is 28.7 Å². The van der Waals surface area contributed by atoms with Crippen molar-refractivity contribution in [1.82, 2.24) is 0 Å². The van der Waals surface area contributed by atoms with Crippen LogP contribution in [0.4, 0.5) is 0 Å². The lowest BCUT2D eigenvalue weighted by Gasteiger charge is -2.00. The Labute approximate surface area is 93.3 Å². The number of furan rings is 1. The van der Waals surface area contributed by atoms with E-state index >= 15 is 0 Å². The van der Waals surface area contributed by atoms with Gasteiger partial charge in [0.1, 0.15) is 11.5 Å². The Kier molecular flexibility index (Phi) is 3.54. The maximum absolute atomic E-state index is 11.5. The normalized spacial score (nSPS) is 11.3. The zero-order valence-corrected chi connectivity index (χ0v) is 9.58. The van der Waals surface area contributed by atoms with Crippen LogP contribution in [0, 0.1) is 0 Å². The van der Waals surface area contributed by atoms with Gasteiger partial charge in [-0.3, -0.25) is 0 Å². The molecule has 0 spiro atoms. The molecule has 0 saturated heterocycles. The van der Waals surface area contributed by atoms with Gasteiger partial charge in [-0.15, -0.1) is 0 Å². The molecule has 0 radical (unpaired) electrons. The summed E-state index contributed by atoms with van der Waals surface area (Å²) >= 11 is 0. The lowest BCUT2D eigenvalue weighted by molar-refractivity contribution is 0.0660. The third-order valence-corrected chi connectivity index (χ3v) is 3.36. The summed E-state index contributed by atoms with van der Waals surface area (Å²) < 4.78 is 27.9. The first-order valence-electron chi connectivity index (χ1n) is 4.47. The lowest BCUT2D eigenvalue weighted by Crippen LogP contribution is -2.09. The minimum Gasteiger partial charge on any atom is -0.475 e. The van der Waals surface area contributed by atoms with Crippen LogP contribution in [-0.2, 0) is 15.6 Å². The molecule has 88 valence electrons. The van der Waals surface area contributed by atoms with Crippen LogP contribution in [0.1, 0.15) is 23.2 Å². The minimum atomic E-state index is -3.33. The molecule has 0 amide bonds. The number of carboxylic acid groups (broad SMARTS) is 1. The molecule has 1 heterocycles. The van der Waals surface area contributed by atoms with E-state index in [4.69, 9.17) is 9.52 Å². The highest BCUT2D eigenvalue weighted by Gasteiger charge is 2.16. The largest absolute Gasteiger partial charge is 0.475 e. The van der Waals surface area contributed by atoms with Crippen molar-refractivity contribution in [3.8, 4) is 0 Å². The Hall–Kier alpha value is -1.56. The van der Waals surface area contributed by atoms with Crippen molar-refractivity contribution in [1.29, 1.82) is 0 Å². The minimum absolute atomic E-state index is 0.124. The third kappa shape index (κ3) is 3.54. The van der Waals surface area contributed by atoms with E-state index in [0.717, 1.165) is 0 Å². The molecule has 0 aliphatic carbocycles. The van der Waals surface area contributed by atoms with E-state index in [1.807, 2.05) is 0 Å². The molecule has 1 rings (SSSR count). The summed E-state index contributed by atoms with van der Waals surface area (Å²) in [6.07, 6.45) is 0. The highest BCUT2D eigenvalue weighted by molar-refractivity contribution is 7.90. The molecule has 0 bridgehead atoms. The number of hydrogen-bond donors (Lipinski definition) is 1. The predicted octanol–water partition coefficient (Wildman–Crippen LogP) is 1.47. The fourth-order valence-electron chi connectivity index (χ4n) is 1.21. The highest BCUT2D eigenvalue weighted by Crippen LogP contribution is 2.13. The molecule has 16 heavy (non-hydrogen) atoms. The van der Waals surface area contributed by atoms with Gasteiger partial charge in [0.15, 0.2) is 9.84 Å². The lowest BCUT2D eigenvalue weighted by atomic mass is 10.4. The van der Waals surface area contributed by atoms with Crippen molar-refractivity contribution in [3.05, 3.63) is 35.8 Å². The van der Waals surface area contributed by atoms with E-state index < -0.39 is 15.8 Å². The Morgan fingerprint density at radius 2 is 2.12 bits per heavy atom. The van der Waals surface area contributed by atoms with Gasteiger partial charge in [0.25, 0.3) is 0 Å². The molecule has 0 fully saturated rings. The van der Waals surface area contributed by atoms with Crippen LogP contribution in [0.25, 0.3) is 0 Å². The second kappa shape index (κ2) is 4.52. The first-order valence-corrected chi connectivity index (χ1v) is 6.29. The summed E-state index contributed by atoms with van der Waals surface area (Å²) in [6, 6.07) is 2.58. The van der Waals surface area contributed by atoms with Crippen molar-refractivity contribution in [2.45, 2.75) is 12.7 Å². The molecule has 0 aromatic carbocycles. The molecule has 5 nitrogen and oxygen atoms in total. The molecule has 1 N–H and O–H groups in total. The van der Waals surface area contributed by atoms with Crippen molar-refractivity contribution in [2.24, 2.45) is 0 Å². The molecule has 0 atom stereocenters. The summed E-state index contributed by atoms with van der Waals surface area (Å²) in [5.74, 6) is -1.80. The van der Waals surface area contributed by atoms with Crippen molar-refractivity contribution < 1.29 is 22.7 Å². The zero-order chi connectivity index (χ0) is 12.3. The Morgan fingerprint density at radius 1 is 1.50 bits per heavy atom. The first-order chi connectivity index (χ1) is 7.30. The van der Waals surface area contributed by atoms with Gasteiger partial charge in [-0.05, 0) is 19.1 Å². The fraction of sp³-hybridized carbons (Fsp3) is 0.300. The number of carbonyl (C=O) groups is 1. The van der Waals surface area contributed by atoms with E-state index in [0.29, 0.717) is 5.57 Å². The van der Waals surface area contributed by atoms with Gasteiger partial charge in [0.05, 0.1) is 5.75 Å². The van der Waals surface area contributed by atoms with Crippen LogP contribution in [-0.4, -0.2) is 25.2 Å². The maximum atomic E-state index is 11.5. The quantitative estimate of drug-likeness (QED) is 0.793. The number of carboxylic acids is 1. The maximum Gasteiger partial charge on any atom is 0.371 e. The first kappa shape index (κ1) is 12.5. The average molecular weight is 244 g/mol. The van der Waals surface area contributed by atoms with E-state index in [1.165, 1.54) is 12.1 Å². The van der Waals surface area contributed by atoms with Gasteiger partial charge in [-0.25, -0.2) is 13.2 Å². The molecule has 0 unspecified atom stereocenters. The van der Waals surface area contributed by atoms with Gasteiger partial charge < -0.3 is 9.52 Å². The molecule has 1 aromatic heterocycles. The van der Waals surface area contributed by atoms with Gasteiger partial charge in [-0.1, -0.05) is 12.2 Å². The van der Waals surface area contributed by atoms with E-state index in [-0.39, 0.29) is 23.0 Å². The van der Waals surface area contributed by atoms with Crippen LogP contribution in [0.3, 0.4) is 0 Å². The summed E-state index contributed by atoms with van der Waals surface area (Å²) in [5.41, 5.74) is 0.532. The van der Waals surface area contributed by atoms with Gasteiger partial charge >= 0.3 is 5.97 Å². The standard InChI is InChI=1S/C10H12O5S/c1-7(2)5-16(13,14)6-8-3-4-9(15-8)10(11)12/h3-4H,1,5-6H2,2H3,(H,11,12). The topological polar surface area (TPSA) is 84.6 Å². The Balaban J connectivity index is 2.80. The van der Waals surface area contributed by atoms with E-state index in [9.17, 15) is 13.2 Å².